The van der Waals surface area contributed by atoms with Crippen LogP contribution in [-0.2, 0) is 11.3 Å². The third kappa shape index (κ3) is 3.80. The number of anilines is 1. The van der Waals surface area contributed by atoms with E-state index in [1.54, 1.807) is 18.2 Å². The topological polar surface area (TPSA) is 64.0 Å². The lowest BCUT2D eigenvalue weighted by Gasteiger charge is -2.09. The average Bonchev–Trinajstić information content (AvgIpc) is 3.13. The van der Waals surface area contributed by atoms with Gasteiger partial charge in [-0.3, -0.25) is 14.2 Å². The molecule has 4 rings (SSSR count). The fraction of sp³-hybridized carbons (Fsp3) is 0.0500. The maximum absolute atomic E-state index is 12.8. The molecule has 2 aromatic carbocycles. The zero-order chi connectivity index (χ0) is 19.7. The number of amides is 1. The number of hydrogen-bond donors (Lipinski definition) is 1. The van der Waals surface area contributed by atoms with Crippen LogP contribution >= 0.6 is 34.5 Å². The molecule has 2 heterocycles. The van der Waals surface area contributed by atoms with Gasteiger partial charge in [-0.25, -0.2) is 4.98 Å². The van der Waals surface area contributed by atoms with Crippen LogP contribution in [0.4, 0.5) is 5.69 Å². The van der Waals surface area contributed by atoms with Gasteiger partial charge in [0.05, 0.1) is 22.4 Å². The Balaban J connectivity index is 1.60. The maximum atomic E-state index is 12.8. The van der Waals surface area contributed by atoms with Crippen LogP contribution < -0.4 is 10.9 Å². The highest BCUT2D eigenvalue weighted by Crippen LogP contribution is 2.30. The standard InChI is InChI=1S/C20H13Cl2N3O2S/c21-13-6-7-15(22)16(8-13)24-18(26)10-25-11-23-19-14(20(25)27)9-17(28-19)12-4-2-1-3-5-12/h1-9,11H,10H2,(H,24,26). The largest absolute Gasteiger partial charge is 0.323 e. The smallest absolute Gasteiger partial charge is 0.262 e. The molecule has 28 heavy (non-hydrogen) atoms. The lowest BCUT2D eigenvalue weighted by molar-refractivity contribution is -0.116. The quantitative estimate of drug-likeness (QED) is 0.492. The minimum absolute atomic E-state index is 0.179. The zero-order valence-electron chi connectivity index (χ0n) is 14.4. The average molecular weight is 430 g/mol. The molecule has 0 saturated carbocycles. The van der Waals surface area contributed by atoms with Gasteiger partial charge < -0.3 is 5.32 Å². The molecule has 4 aromatic rings. The molecule has 0 atom stereocenters. The molecule has 140 valence electrons. The van der Waals surface area contributed by atoms with E-state index in [0.717, 1.165) is 10.4 Å². The highest BCUT2D eigenvalue weighted by atomic mass is 35.5. The molecule has 2 aromatic heterocycles. The minimum atomic E-state index is -0.397. The second-order valence-electron chi connectivity index (χ2n) is 6.05. The van der Waals surface area contributed by atoms with Gasteiger partial charge >= 0.3 is 0 Å². The SMILES string of the molecule is O=C(Cn1cnc2sc(-c3ccccc3)cc2c1=O)Nc1cc(Cl)ccc1Cl. The summed E-state index contributed by atoms with van der Waals surface area (Å²) in [4.78, 5) is 31.1. The van der Waals surface area contributed by atoms with Gasteiger partial charge in [-0.1, -0.05) is 53.5 Å². The molecule has 0 aliphatic carbocycles. The summed E-state index contributed by atoms with van der Waals surface area (Å²) in [6.07, 6.45) is 1.38. The lowest BCUT2D eigenvalue weighted by Crippen LogP contribution is -2.27. The normalized spacial score (nSPS) is 10.9. The number of carbonyl (C=O) groups excluding carboxylic acids is 1. The van der Waals surface area contributed by atoms with E-state index < -0.39 is 5.91 Å². The van der Waals surface area contributed by atoms with Crippen molar-refractivity contribution in [2.24, 2.45) is 0 Å². The first-order chi connectivity index (χ1) is 13.5. The maximum Gasteiger partial charge on any atom is 0.262 e. The Hall–Kier alpha value is -2.67. The monoisotopic (exact) mass is 429 g/mol. The first-order valence-corrected chi connectivity index (χ1v) is 9.88. The Morgan fingerprint density at radius 3 is 2.68 bits per heavy atom. The molecular weight excluding hydrogens is 417 g/mol. The van der Waals surface area contributed by atoms with Crippen molar-refractivity contribution in [3.8, 4) is 10.4 Å². The van der Waals surface area contributed by atoms with Crippen molar-refractivity contribution >= 4 is 56.3 Å². The third-order valence-electron chi connectivity index (χ3n) is 4.09. The summed E-state index contributed by atoms with van der Waals surface area (Å²) in [7, 11) is 0. The van der Waals surface area contributed by atoms with Crippen LogP contribution in [0.3, 0.4) is 0 Å². The Bertz CT molecular complexity index is 1240. The molecule has 0 aliphatic heterocycles. The molecule has 0 bridgehead atoms. The van der Waals surface area contributed by atoms with Crippen LogP contribution in [0.1, 0.15) is 0 Å². The first kappa shape index (κ1) is 18.7. The van der Waals surface area contributed by atoms with Crippen molar-refractivity contribution in [3.05, 3.63) is 81.3 Å². The molecule has 0 aliphatic rings. The molecule has 0 saturated heterocycles. The number of fused-ring (bicyclic) bond motifs is 1. The van der Waals surface area contributed by atoms with E-state index in [-0.39, 0.29) is 12.1 Å². The van der Waals surface area contributed by atoms with Gasteiger partial charge in [-0.05, 0) is 29.8 Å². The second kappa shape index (κ2) is 7.75. The van der Waals surface area contributed by atoms with E-state index in [4.69, 9.17) is 23.2 Å². The van der Waals surface area contributed by atoms with E-state index in [1.165, 1.54) is 22.2 Å². The van der Waals surface area contributed by atoms with Crippen LogP contribution in [0.15, 0.2) is 65.7 Å². The number of thiophene rings is 1. The van der Waals surface area contributed by atoms with Crippen molar-refractivity contribution in [3.63, 3.8) is 0 Å². The van der Waals surface area contributed by atoms with Gasteiger partial charge in [0.1, 0.15) is 11.4 Å². The molecule has 1 N–H and O–H groups in total. The van der Waals surface area contributed by atoms with Gasteiger partial charge in [0, 0.05) is 9.90 Å². The van der Waals surface area contributed by atoms with Crippen LogP contribution in [-0.4, -0.2) is 15.5 Å². The van der Waals surface area contributed by atoms with Crippen LogP contribution in [0.2, 0.25) is 10.0 Å². The van der Waals surface area contributed by atoms with Crippen LogP contribution in [0.5, 0.6) is 0 Å². The zero-order valence-corrected chi connectivity index (χ0v) is 16.7. The minimum Gasteiger partial charge on any atom is -0.323 e. The number of carbonyl (C=O) groups is 1. The van der Waals surface area contributed by atoms with Crippen molar-refractivity contribution in [2.45, 2.75) is 6.54 Å². The molecule has 8 heteroatoms. The van der Waals surface area contributed by atoms with Gasteiger partial charge in [-0.2, -0.15) is 0 Å². The Kier molecular flexibility index (Phi) is 5.17. The number of halogens is 2. The van der Waals surface area contributed by atoms with Gasteiger partial charge in [-0.15, -0.1) is 11.3 Å². The summed E-state index contributed by atoms with van der Waals surface area (Å²) in [5.74, 6) is -0.397. The van der Waals surface area contributed by atoms with E-state index >= 15 is 0 Å². The summed E-state index contributed by atoms with van der Waals surface area (Å²) in [6, 6.07) is 16.4. The number of nitrogens with one attached hydrogen (secondary N) is 1. The van der Waals surface area contributed by atoms with Crippen molar-refractivity contribution in [1.29, 1.82) is 0 Å². The summed E-state index contributed by atoms with van der Waals surface area (Å²) in [5.41, 5.74) is 1.14. The molecule has 0 radical (unpaired) electrons. The van der Waals surface area contributed by atoms with Crippen LogP contribution in [0, 0.1) is 0 Å². The summed E-state index contributed by atoms with van der Waals surface area (Å²) in [6.45, 7) is -0.179. The van der Waals surface area contributed by atoms with Crippen molar-refractivity contribution in [2.75, 3.05) is 5.32 Å². The lowest BCUT2D eigenvalue weighted by atomic mass is 10.2. The fourth-order valence-corrected chi connectivity index (χ4v) is 4.09. The van der Waals surface area contributed by atoms with E-state index in [1.807, 2.05) is 36.4 Å². The van der Waals surface area contributed by atoms with Crippen molar-refractivity contribution in [1.82, 2.24) is 9.55 Å². The van der Waals surface area contributed by atoms with Gasteiger partial charge in [0.2, 0.25) is 5.91 Å². The van der Waals surface area contributed by atoms with Gasteiger partial charge in [0.25, 0.3) is 5.56 Å². The van der Waals surface area contributed by atoms with Gasteiger partial charge in [0.15, 0.2) is 0 Å². The summed E-state index contributed by atoms with van der Waals surface area (Å²) >= 11 is 13.4. The first-order valence-electron chi connectivity index (χ1n) is 8.30. The Labute approximate surface area is 174 Å². The molecule has 0 spiro atoms. The molecule has 0 fully saturated rings. The molecule has 0 unspecified atom stereocenters. The predicted molar refractivity (Wildman–Crippen MR) is 114 cm³/mol. The molecule has 5 nitrogen and oxygen atoms in total. The Morgan fingerprint density at radius 2 is 1.89 bits per heavy atom. The molecule has 1 amide bonds. The predicted octanol–water partition coefficient (Wildman–Crippen LogP) is 5.07. The highest BCUT2D eigenvalue weighted by molar-refractivity contribution is 7.21. The van der Waals surface area contributed by atoms with E-state index in [2.05, 4.69) is 10.3 Å². The number of benzene rings is 2. The fourth-order valence-electron chi connectivity index (χ4n) is 2.75. The summed E-state index contributed by atoms with van der Waals surface area (Å²) in [5, 5.41) is 3.97. The second-order valence-corrected chi connectivity index (χ2v) is 7.92. The number of nitrogens with zero attached hydrogens (tertiary/aromatic N) is 2. The number of hydrogen-bond acceptors (Lipinski definition) is 4. The summed E-state index contributed by atoms with van der Waals surface area (Å²) < 4.78 is 1.28. The van der Waals surface area contributed by atoms with E-state index in [0.29, 0.717) is 25.9 Å². The third-order valence-corrected chi connectivity index (χ3v) is 5.75. The Morgan fingerprint density at radius 1 is 1.11 bits per heavy atom. The molecular formula is C20H13Cl2N3O2S. The number of rotatable bonds is 4. The van der Waals surface area contributed by atoms with E-state index in [9.17, 15) is 9.59 Å². The number of aromatic nitrogens is 2. The van der Waals surface area contributed by atoms with Crippen LogP contribution in [0.25, 0.3) is 20.7 Å². The van der Waals surface area contributed by atoms with Crippen molar-refractivity contribution < 1.29 is 4.79 Å². The highest BCUT2D eigenvalue weighted by Gasteiger charge is 2.13.